The van der Waals surface area contributed by atoms with E-state index in [4.69, 9.17) is 0 Å². The summed E-state index contributed by atoms with van der Waals surface area (Å²) in [6.45, 7) is 2.43. The van der Waals surface area contributed by atoms with Crippen LogP contribution in [0.4, 0.5) is 0 Å². The van der Waals surface area contributed by atoms with Gasteiger partial charge in [0.25, 0.3) is 0 Å². The summed E-state index contributed by atoms with van der Waals surface area (Å²) in [7, 11) is 3.42. The summed E-state index contributed by atoms with van der Waals surface area (Å²) in [6, 6.07) is 0. The lowest BCUT2D eigenvalue weighted by Gasteiger charge is -1.90. The van der Waals surface area contributed by atoms with Crippen LogP contribution in [0.3, 0.4) is 0 Å². The Labute approximate surface area is 50.3 Å². The summed E-state index contributed by atoms with van der Waals surface area (Å²) in [6.07, 6.45) is 1.57. The molecule has 0 fully saturated rings. The molecule has 0 aromatic rings. The molecule has 0 aliphatic heterocycles. The van der Waals surface area contributed by atoms with Gasteiger partial charge in [0.2, 0.25) is 0 Å². The van der Waals surface area contributed by atoms with Gasteiger partial charge in [-0.15, -0.1) is 7.05 Å². The lowest BCUT2D eigenvalue weighted by Crippen LogP contribution is -2.76. The molecule has 0 aromatic heterocycles. The van der Waals surface area contributed by atoms with E-state index in [2.05, 4.69) is 12.4 Å². The van der Waals surface area contributed by atoms with Crippen molar-refractivity contribution in [1.29, 1.82) is 0 Å². The van der Waals surface area contributed by atoms with Gasteiger partial charge in [-0.05, 0) is 6.92 Å². The maximum Gasteiger partial charge on any atom is 0.130 e. The molecule has 2 nitrogen and oxygen atoms in total. The third-order valence-corrected chi connectivity index (χ3v) is 0.882. The third-order valence-electron chi connectivity index (χ3n) is 0.882. The second-order valence-electron chi connectivity index (χ2n) is 1.81. The van der Waals surface area contributed by atoms with Crippen molar-refractivity contribution in [1.82, 2.24) is 0 Å². The predicted octanol–water partition coefficient (Wildman–Crippen LogP) is -0.504. The number of hydrogen-bond donors (Lipinski definition) is 1. The second kappa shape index (κ2) is 4.78. The first-order valence-electron chi connectivity index (χ1n) is 2.76. The van der Waals surface area contributed by atoms with Crippen molar-refractivity contribution in [2.24, 2.45) is 0 Å². The van der Waals surface area contributed by atoms with Crippen LogP contribution in [0.15, 0.2) is 0 Å². The number of nitrogens with one attached hydrogen (secondary N) is 1. The molecule has 0 heterocycles. The normalized spacial score (nSPS) is 9.25. The van der Waals surface area contributed by atoms with E-state index >= 15 is 0 Å². The molecule has 0 aromatic carbocycles. The van der Waals surface area contributed by atoms with E-state index in [1.165, 1.54) is 0 Å². The van der Waals surface area contributed by atoms with Crippen molar-refractivity contribution in [3.05, 3.63) is 7.05 Å². The van der Waals surface area contributed by atoms with Gasteiger partial charge in [0.1, 0.15) is 5.78 Å². The van der Waals surface area contributed by atoms with E-state index in [-0.39, 0.29) is 5.78 Å². The maximum atomic E-state index is 10.3. The van der Waals surface area contributed by atoms with Gasteiger partial charge in [0.15, 0.2) is 0 Å². The Kier molecular flexibility index (Phi) is 4.56. The minimum Gasteiger partial charge on any atom is -0.335 e. The van der Waals surface area contributed by atoms with E-state index < -0.39 is 0 Å². The smallest absolute Gasteiger partial charge is 0.130 e. The average molecular weight is 114 g/mol. The van der Waals surface area contributed by atoms with Crippen LogP contribution >= 0.6 is 0 Å². The van der Waals surface area contributed by atoms with Gasteiger partial charge < -0.3 is 10.1 Å². The summed E-state index contributed by atoms with van der Waals surface area (Å²) >= 11 is 0. The van der Waals surface area contributed by atoms with Crippen molar-refractivity contribution in [3.8, 4) is 0 Å². The topological polar surface area (TPSA) is 32.7 Å². The zero-order valence-corrected chi connectivity index (χ0v) is 5.24. The van der Waals surface area contributed by atoms with Gasteiger partial charge in [-0.1, -0.05) is 0 Å². The molecule has 0 amide bonds. The molecule has 0 unspecified atom stereocenters. The Bertz CT molecular complexity index is 70.9. The molecule has 0 atom stereocenters. The fourth-order valence-electron chi connectivity index (χ4n) is 0.462. The van der Waals surface area contributed by atoms with E-state index in [9.17, 15) is 4.79 Å². The standard InChI is InChI=1S/C6H12NO/c1-6(8)4-3-5-7-2/h7H,2-5H2,1H3. The highest BCUT2D eigenvalue weighted by Crippen LogP contribution is 1.84. The zero-order chi connectivity index (χ0) is 6.41. The molecule has 0 spiro atoms. The van der Waals surface area contributed by atoms with Crippen molar-refractivity contribution in [2.45, 2.75) is 19.8 Å². The van der Waals surface area contributed by atoms with Crippen LogP contribution in [-0.2, 0) is 4.79 Å². The number of rotatable bonds is 4. The maximum absolute atomic E-state index is 10.3. The summed E-state index contributed by atoms with van der Waals surface area (Å²) in [4.78, 5) is 10.3. The highest BCUT2D eigenvalue weighted by atomic mass is 16.1. The van der Waals surface area contributed by atoms with Crippen molar-refractivity contribution < 1.29 is 10.1 Å². The highest BCUT2D eigenvalue weighted by Gasteiger charge is 1.91. The molecule has 2 heteroatoms. The Morgan fingerprint density at radius 3 is 2.75 bits per heavy atom. The van der Waals surface area contributed by atoms with Crippen molar-refractivity contribution in [3.63, 3.8) is 0 Å². The number of hydrogen-bond acceptors (Lipinski definition) is 2. The Morgan fingerprint density at radius 2 is 2.38 bits per heavy atom. The van der Waals surface area contributed by atoms with Gasteiger partial charge in [0, 0.05) is 12.8 Å². The number of carbonyl (C=O) groups is 1. The summed E-state index contributed by atoms with van der Waals surface area (Å²) in [5.74, 6) is 0.250. The number of ketones is 1. The zero-order valence-electron chi connectivity index (χ0n) is 5.24. The molecule has 47 valence electrons. The van der Waals surface area contributed by atoms with Gasteiger partial charge in [-0.3, -0.25) is 0 Å². The molecule has 1 radical (unpaired) electrons. The lowest BCUT2D eigenvalue weighted by molar-refractivity contribution is -0.595. The Hall–Kier alpha value is -0.370. The molecule has 0 rings (SSSR count). The van der Waals surface area contributed by atoms with Crippen LogP contribution in [-0.4, -0.2) is 12.3 Å². The minimum atomic E-state index is 0.250. The predicted molar refractivity (Wildman–Crippen MR) is 31.1 cm³/mol. The van der Waals surface area contributed by atoms with E-state index in [0.29, 0.717) is 6.42 Å². The molecule has 0 bridgehead atoms. The van der Waals surface area contributed by atoms with Crippen LogP contribution in [0.2, 0.25) is 0 Å². The lowest BCUT2D eigenvalue weighted by atomic mass is 10.2. The molecule has 1 N–H and O–H groups in total. The average Bonchev–Trinajstić information content (AvgIpc) is 1.66. The second-order valence-corrected chi connectivity index (χ2v) is 1.81. The number of carbonyl (C=O) groups excluding carboxylic acids is 1. The first-order valence-corrected chi connectivity index (χ1v) is 2.76. The molecule has 0 saturated heterocycles. The monoisotopic (exact) mass is 114 g/mol. The van der Waals surface area contributed by atoms with Gasteiger partial charge in [-0.25, -0.2) is 0 Å². The fraction of sp³-hybridized carbons (Fsp3) is 0.667. The van der Waals surface area contributed by atoms with E-state index in [1.54, 1.807) is 6.92 Å². The quantitative estimate of drug-likeness (QED) is 0.388. The highest BCUT2D eigenvalue weighted by molar-refractivity contribution is 5.75. The largest absolute Gasteiger partial charge is 0.335 e. The fourth-order valence-corrected chi connectivity index (χ4v) is 0.462. The number of Topliss-reactive ketones (excluding diaryl/α,β-unsaturated/α-hetero) is 1. The summed E-state index contributed by atoms with van der Waals surface area (Å²) in [5.41, 5.74) is 0. The van der Waals surface area contributed by atoms with Crippen LogP contribution < -0.4 is 5.32 Å². The van der Waals surface area contributed by atoms with Crippen LogP contribution in [0.1, 0.15) is 19.8 Å². The first kappa shape index (κ1) is 7.63. The summed E-state index contributed by atoms with van der Waals surface area (Å²) < 4.78 is 0. The minimum absolute atomic E-state index is 0.250. The Morgan fingerprint density at radius 1 is 1.75 bits per heavy atom. The van der Waals surface area contributed by atoms with Crippen LogP contribution in [0.5, 0.6) is 0 Å². The SMILES string of the molecule is [CH2-][NH+]CCCC(C)=O. The first-order chi connectivity index (χ1) is 3.77. The molecule has 8 heavy (non-hydrogen) atoms. The molecule has 0 aliphatic rings. The Balaban J connectivity index is 2.82. The van der Waals surface area contributed by atoms with Gasteiger partial charge in [-0.2, -0.15) is 0 Å². The van der Waals surface area contributed by atoms with Gasteiger partial charge >= 0.3 is 0 Å². The molecular formula is C6H12NO. The molecule has 0 aliphatic carbocycles. The van der Waals surface area contributed by atoms with Gasteiger partial charge in [0.05, 0.1) is 6.54 Å². The molecular weight excluding hydrogens is 102 g/mol. The van der Waals surface area contributed by atoms with E-state index in [0.717, 1.165) is 13.0 Å². The third kappa shape index (κ3) is 5.63. The van der Waals surface area contributed by atoms with E-state index in [1.807, 2.05) is 0 Å². The van der Waals surface area contributed by atoms with Crippen molar-refractivity contribution >= 4 is 5.78 Å². The summed E-state index contributed by atoms with van der Waals surface area (Å²) in [5, 5.41) is 2.72. The van der Waals surface area contributed by atoms with Crippen molar-refractivity contribution in [2.75, 3.05) is 6.54 Å². The van der Waals surface area contributed by atoms with Crippen LogP contribution in [0, 0.1) is 7.05 Å². The molecule has 0 saturated carbocycles. The van der Waals surface area contributed by atoms with Crippen LogP contribution in [0.25, 0.3) is 0 Å².